The van der Waals surface area contributed by atoms with Gasteiger partial charge in [0.25, 0.3) is 0 Å². The Morgan fingerprint density at radius 2 is 2.12 bits per heavy atom. The minimum Gasteiger partial charge on any atom is -0.330 e. The highest BCUT2D eigenvalue weighted by Crippen LogP contribution is 2.26. The van der Waals surface area contributed by atoms with Crippen molar-refractivity contribution in [2.45, 2.75) is 51.0 Å². The van der Waals surface area contributed by atoms with E-state index in [1.165, 1.54) is 19.3 Å². The summed E-state index contributed by atoms with van der Waals surface area (Å²) in [4.78, 5) is 14.5. The second kappa shape index (κ2) is 5.30. The van der Waals surface area contributed by atoms with Crippen LogP contribution in [0.3, 0.4) is 0 Å². The number of aromatic amines is 1. The van der Waals surface area contributed by atoms with Crippen molar-refractivity contribution in [3.63, 3.8) is 0 Å². The van der Waals surface area contributed by atoms with Gasteiger partial charge in [-0.25, -0.2) is 9.48 Å². The zero-order chi connectivity index (χ0) is 11.4. The summed E-state index contributed by atoms with van der Waals surface area (Å²) >= 11 is 0. The molecule has 1 heterocycles. The molecule has 0 amide bonds. The molecule has 1 aliphatic carbocycles. The Kier molecular flexibility index (Phi) is 3.77. The summed E-state index contributed by atoms with van der Waals surface area (Å²) in [5, 5.41) is 4.36. The number of aryl methyl sites for hydroxylation is 1. The van der Waals surface area contributed by atoms with Crippen molar-refractivity contribution in [3.05, 3.63) is 16.3 Å². The molecule has 1 fully saturated rings. The fourth-order valence-electron chi connectivity index (χ4n) is 2.34. The van der Waals surface area contributed by atoms with Crippen LogP contribution < -0.4 is 11.4 Å². The molecule has 1 aromatic rings. The molecule has 5 heteroatoms. The number of hydrogen-bond acceptors (Lipinski definition) is 3. The fraction of sp³-hybridized carbons (Fsp3) is 0.818. The van der Waals surface area contributed by atoms with Gasteiger partial charge in [0, 0.05) is 6.42 Å². The topological polar surface area (TPSA) is 76.7 Å². The zero-order valence-electron chi connectivity index (χ0n) is 9.61. The lowest BCUT2D eigenvalue weighted by Crippen LogP contribution is -2.25. The summed E-state index contributed by atoms with van der Waals surface area (Å²) < 4.78 is 1.64. The molecule has 0 aliphatic heterocycles. The van der Waals surface area contributed by atoms with E-state index in [2.05, 4.69) is 10.1 Å². The average Bonchev–Trinajstić information content (AvgIpc) is 2.69. The van der Waals surface area contributed by atoms with E-state index in [9.17, 15) is 4.79 Å². The quantitative estimate of drug-likeness (QED) is 0.800. The maximum atomic E-state index is 11.7. The molecule has 5 nitrogen and oxygen atoms in total. The van der Waals surface area contributed by atoms with Crippen LogP contribution in [0, 0.1) is 0 Å². The Morgan fingerprint density at radius 3 is 2.81 bits per heavy atom. The van der Waals surface area contributed by atoms with Crippen molar-refractivity contribution in [3.8, 4) is 0 Å². The molecule has 0 unspecified atom stereocenters. The first-order valence-electron chi connectivity index (χ1n) is 6.19. The van der Waals surface area contributed by atoms with E-state index in [1.54, 1.807) is 4.68 Å². The van der Waals surface area contributed by atoms with Crippen LogP contribution in [0.5, 0.6) is 0 Å². The first kappa shape index (κ1) is 11.4. The Bertz CT molecular complexity index is 376. The van der Waals surface area contributed by atoms with Gasteiger partial charge in [-0.15, -0.1) is 0 Å². The van der Waals surface area contributed by atoms with Crippen molar-refractivity contribution >= 4 is 0 Å². The van der Waals surface area contributed by atoms with Crippen molar-refractivity contribution in [1.29, 1.82) is 0 Å². The normalized spacial score (nSPS) is 17.8. The summed E-state index contributed by atoms with van der Waals surface area (Å²) in [7, 11) is 0. The first-order chi connectivity index (χ1) is 7.81. The molecule has 0 saturated heterocycles. The van der Waals surface area contributed by atoms with Crippen LogP contribution in [0.15, 0.2) is 4.79 Å². The highest BCUT2D eigenvalue weighted by molar-refractivity contribution is 4.85. The molecule has 16 heavy (non-hydrogen) atoms. The van der Waals surface area contributed by atoms with Gasteiger partial charge in [-0.05, 0) is 25.8 Å². The van der Waals surface area contributed by atoms with Crippen LogP contribution in [0.25, 0.3) is 0 Å². The third-order valence-electron chi connectivity index (χ3n) is 3.23. The number of nitrogens with one attached hydrogen (secondary N) is 1. The molecule has 0 spiro atoms. The van der Waals surface area contributed by atoms with E-state index >= 15 is 0 Å². The first-order valence-corrected chi connectivity index (χ1v) is 6.19. The number of rotatable bonds is 4. The number of nitrogens with zero attached hydrogens (tertiary/aromatic N) is 2. The second-order valence-corrected chi connectivity index (χ2v) is 4.51. The third-order valence-corrected chi connectivity index (χ3v) is 3.23. The molecule has 2 rings (SSSR count). The van der Waals surface area contributed by atoms with Crippen molar-refractivity contribution in [1.82, 2.24) is 14.8 Å². The van der Waals surface area contributed by atoms with Gasteiger partial charge in [0.15, 0.2) is 0 Å². The lowest BCUT2D eigenvalue weighted by Gasteiger charge is -2.20. The lowest BCUT2D eigenvalue weighted by molar-refractivity contribution is 0.321. The van der Waals surface area contributed by atoms with Crippen molar-refractivity contribution in [2.24, 2.45) is 5.73 Å². The molecule has 0 atom stereocenters. The molecule has 0 aromatic carbocycles. The van der Waals surface area contributed by atoms with E-state index in [4.69, 9.17) is 5.73 Å². The minimum atomic E-state index is -0.0566. The van der Waals surface area contributed by atoms with Gasteiger partial charge in [0.2, 0.25) is 0 Å². The standard InChI is InChI=1S/C11H20N4O/c12-8-4-7-10-13-11(16)15(14-10)9-5-2-1-3-6-9/h9H,1-8,12H2,(H,13,14,16). The molecule has 0 radical (unpaired) electrons. The number of aromatic nitrogens is 3. The molecular weight excluding hydrogens is 204 g/mol. The molecule has 3 N–H and O–H groups in total. The minimum absolute atomic E-state index is 0.0566. The molecule has 1 aliphatic rings. The Hall–Kier alpha value is -1.10. The summed E-state index contributed by atoms with van der Waals surface area (Å²) in [5.74, 6) is 0.779. The third kappa shape index (κ3) is 2.52. The zero-order valence-corrected chi connectivity index (χ0v) is 9.61. The Labute approximate surface area is 95.0 Å². The predicted molar refractivity (Wildman–Crippen MR) is 62.3 cm³/mol. The Balaban J connectivity index is 2.08. The van der Waals surface area contributed by atoms with Gasteiger partial charge in [0.1, 0.15) is 5.82 Å². The maximum Gasteiger partial charge on any atom is 0.343 e. The van der Waals surface area contributed by atoms with Gasteiger partial charge in [-0.1, -0.05) is 19.3 Å². The molecule has 90 valence electrons. The second-order valence-electron chi connectivity index (χ2n) is 4.51. The van der Waals surface area contributed by atoms with Gasteiger partial charge in [-0.3, -0.25) is 4.98 Å². The Morgan fingerprint density at radius 1 is 1.38 bits per heavy atom. The summed E-state index contributed by atoms with van der Waals surface area (Å²) in [5.41, 5.74) is 5.38. The van der Waals surface area contributed by atoms with E-state index < -0.39 is 0 Å². The number of H-pyrrole nitrogens is 1. The predicted octanol–water partition coefficient (Wildman–Crippen LogP) is 0.968. The SMILES string of the molecule is NCCCc1nn(C2CCCCC2)c(=O)[nH]1. The van der Waals surface area contributed by atoms with Gasteiger partial charge >= 0.3 is 5.69 Å². The van der Waals surface area contributed by atoms with E-state index in [0.29, 0.717) is 12.6 Å². The van der Waals surface area contributed by atoms with E-state index in [-0.39, 0.29) is 5.69 Å². The van der Waals surface area contributed by atoms with Gasteiger partial charge < -0.3 is 5.73 Å². The van der Waals surface area contributed by atoms with E-state index in [1.807, 2.05) is 0 Å². The molecule has 0 bridgehead atoms. The average molecular weight is 224 g/mol. The number of nitrogens with two attached hydrogens (primary N) is 1. The van der Waals surface area contributed by atoms with Crippen molar-refractivity contribution in [2.75, 3.05) is 6.54 Å². The molecular formula is C11H20N4O. The maximum absolute atomic E-state index is 11.7. The molecule has 1 aromatic heterocycles. The monoisotopic (exact) mass is 224 g/mol. The van der Waals surface area contributed by atoms with Gasteiger partial charge in [0.05, 0.1) is 6.04 Å². The van der Waals surface area contributed by atoms with Crippen LogP contribution in [0.1, 0.15) is 50.4 Å². The fourth-order valence-corrected chi connectivity index (χ4v) is 2.34. The van der Waals surface area contributed by atoms with E-state index in [0.717, 1.165) is 31.5 Å². The van der Waals surface area contributed by atoms with Gasteiger partial charge in [-0.2, -0.15) is 5.10 Å². The highest BCUT2D eigenvalue weighted by atomic mass is 16.2. The van der Waals surface area contributed by atoms with Crippen LogP contribution in [0.2, 0.25) is 0 Å². The summed E-state index contributed by atoms with van der Waals surface area (Å²) in [6.45, 7) is 0.637. The van der Waals surface area contributed by atoms with Crippen LogP contribution in [-0.2, 0) is 6.42 Å². The summed E-state index contributed by atoms with van der Waals surface area (Å²) in [6, 6.07) is 0.309. The summed E-state index contributed by atoms with van der Waals surface area (Å²) in [6.07, 6.45) is 7.52. The largest absolute Gasteiger partial charge is 0.343 e. The van der Waals surface area contributed by atoms with Crippen molar-refractivity contribution < 1.29 is 0 Å². The smallest absolute Gasteiger partial charge is 0.330 e. The number of hydrogen-bond donors (Lipinski definition) is 2. The highest BCUT2D eigenvalue weighted by Gasteiger charge is 2.18. The van der Waals surface area contributed by atoms with Crippen LogP contribution >= 0.6 is 0 Å². The molecule has 1 saturated carbocycles. The van der Waals surface area contributed by atoms with Crippen LogP contribution in [-0.4, -0.2) is 21.3 Å². The van der Waals surface area contributed by atoms with Crippen LogP contribution in [0.4, 0.5) is 0 Å². The lowest BCUT2D eigenvalue weighted by atomic mass is 9.96.